The van der Waals surface area contributed by atoms with Crippen LogP contribution in [0.25, 0.3) is 10.9 Å². The average Bonchev–Trinajstić information content (AvgIpc) is 2.77. The Kier molecular flexibility index (Phi) is 4.97. The molecule has 0 aliphatic heterocycles. The average molecular weight is 300 g/mol. The topological polar surface area (TPSA) is 28.3 Å². The number of benzene rings is 1. The molecule has 2 rings (SSSR count). The molecule has 3 nitrogen and oxygen atoms in total. The first kappa shape index (κ1) is 16.6. The first-order chi connectivity index (χ1) is 10.4. The molecular formula is C19H28N2O. The van der Waals surface area contributed by atoms with E-state index in [1.807, 2.05) is 12.1 Å². The second-order valence-electron chi connectivity index (χ2n) is 6.80. The van der Waals surface area contributed by atoms with Crippen molar-refractivity contribution in [2.24, 2.45) is 0 Å². The predicted octanol–water partition coefficient (Wildman–Crippen LogP) is 4.31. The van der Waals surface area contributed by atoms with Crippen LogP contribution < -0.4 is 4.74 Å². The number of hydrogen-bond donors (Lipinski definition) is 1. The van der Waals surface area contributed by atoms with E-state index in [1.54, 1.807) is 7.11 Å². The lowest BCUT2D eigenvalue weighted by Gasteiger charge is -2.34. The summed E-state index contributed by atoms with van der Waals surface area (Å²) in [5.41, 5.74) is 3.95. The number of H-pyrrole nitrogens is 1. The number of rotatable bonds is 6. The standard InChI is InChI=1S/C19H28N2O/c1-7-11-21(19(3,4)5)12-10-16-14(2)20-18-9-8-15(22-6)13-17(16)18/h7-9,13,20H,1,10-12H2,2-6H3. The molecule has 0 amide bonds. The van der Waals surface area contributed by atoms with Gasteiger partial charge in [-0.2, -0.15) is 0 Å². The molecule has 0 saturated carbocycles. The minimum atomic E-state index is 0.145. The Labute approximate surface area is 134 Å². The molecule has 0 aliphatic carbocycles. The number of aromatic nitrogens is 1. The van der Waals surface area contributed by atoms with Gasteiger partial charge in [-0.05, 0) is 57.9 Å². The van der Waals surface area contributed by atoms with E-state index in [2.05, 4.69) is 56.3 Å². The van der Waals surface area contributed by atoms with Crippen LogP contribution in [0.5, 0.6) is 5.75 Å². The highest BCUT2D eigenvalue weighted by Gasteiger charge is 2.20. The number of aryl methyl sites for hydroxylation is 1. The molecular weight excluding hydrogens is 272 g/mol. The Morgan fingerprint density at radius 2 is 2.05 bits per heavy atom. The lowest BCUT2D eigenvalue weighted by molar-refractivity contribution is 0.156. The number of ether oxygens (including phenoxy) is 1. The van der Waals surface area contributed by atoms with Gasteiger partial charge in [0.1, 0.15) is 5.75 Å². The third-order valence-electron chi connectivity index (χ3n) is 4.26. The number of methoxy groups -OCH3 is 1. The van der Waals surface area contributed by atoms with E-state index in [0.29, 0.717) is 0 Å². The SMILES string of the molecule is C=CCN(CCc1c(C)[nH]c2ccc(OC)cc12)C(C)(C)C. The number of aromatic amines is 1. The first-order valence-corrected chi connectivity index (χ1v) is 7.88. The van der Waals surface area contributed by atoms with Gasteiger partial charge in [0.2, 0.25) is 0 Å². The van der Waals surface area contributed by atoms with Crippen molar-refractivity contribution in [3.05, 3.63) is 42.1 Å². The molecule has 0 fully saturated rings. The lowest BCUT2D eigenvalue weighted by Crippen LogP contribution is -2.42. The summed E-state index contributed by atoms with van der Waals surface area (Å²) in [7, 11) is 1.71. The number of fused-ring (bicyclic) bond motifs is 1. The Hall–Kier alpha value is -1.74. The zero-order valence-electron chi connectivity index (χ0n) is 14.5. The van der Waals surface area contributed by atoms with Crippen molar-refractivity contribution >= 4 is 10.9 Å². The number of nitrogens with one attached hydrogen (secondary N) is 1. The minimum absolute atomic E-state index is 0.145. The molecule has 1 heterocycles. The molecule has 2 aromatic rings. The van der Waals surface area contributed by atoms with Crippen LogP contribution in [0.2, 0.25) is 0 Å². The van der Waals surface area contributed by atoms with E-state index >= 15 is 0 Å². The summed E-state index contributed by atoms with van der Waals surface area (Å²) in [4.78, 5) is 5.94. The van der Waals surface area contributed by atoms with Crippen LogP contribution in [0.4, 0.5) is 0 Å². The molecule has 0 saturated heterocycles. The number of hydrogen-bond acceptors (Lipinski definition) is 2. The van der Waals surface area contributed by atoms with Gasteiger partial charge in [0.25, 0.3) is 0 Å². The molecule has 0 radical (unpaired) electrons. The first-order valence-electron chi connectivity index (χ1n) is 7.88. The normalized spacial score (nSPS) is 12.1. The van der Waals surface area contributed by atoms with Gasteiger partial charge in [-0.25, -0.2) is 0 Å². The Morgan fingerprint density at radius 3 is 2.64 bits per heavy atom. The van der Waals surface area contributed by atoms with Gasteiger partial charge in [-0.3, -0.25) is 4.90 Å². The van der Waals surface area contributed by atoms with Crippen LogP contribution in [-0.2, 0) is 6.42 Å². The van der Waals surface area contributed by atoms with Crippen LogP contribution in [-0.4, -0.2) is 35.6 Å². The molecule has 0 spiro atoms. The molecule has 0 atom stereocenters. The van der Waals surface area contributed by atoms with E-state index in [4.69, 9.17) is 4.74 Å². The third kappa shape index (κ3) is 3.53. The van der Waals surface area contributed by atoms with Crippen molar-refractivity contribution in [2.75, 3.05) is 20.2 Å². The fourth-order valence-electron chi connectivity index (χ4n) is 2.91. The summed E-state index contributed by atoms with van der Waals surface area (Å²) in [6.07, 6.45) is 3.00. The summed E-state index contributed by atoms with van der Waals surface area (Å²) in [6.45, 7) is 14.7. The molecule has 120 valence electrons. The van der Waals surface area contributed by atoms with E-state index < -0.39 is 0 Å². The van der Waals surface area contributed by atoms with Crippen molar-refractivity contribution in [1.29, 1.82) is 0 Å². The maximum atomic E-state index is 5.37. The molecule has 1 aromatic heterocycles. The molecule has 1 aromatic carbocycles. The van der Waals surface area contributed by atoms with Gasteiger partial charge in [-0.15, -0.1) is 6.58 Å². The van der Waals surface area contributed by atoms with Gasteiger partial charge >= 0.3 is 0 Å². The maximum absolute atomic E-state index is 5.37. The zero-order valence-corrected chi connectivity index (χ0v) is 14.5. The summed E-state index contributed by atoms with van der Waals surface area (Å²) in [5.74, 6) is 0.909. The van der Waals surface area contributed by atoms with E-state index in [1.165, 1.54) is 22.2 Å². The van der Waals surface area contributed by atoms with Crippen molar-refractivity contribution in [3.8, 4) is 5.75 Å². The Morgan fingerprint density at radius 1 is 1.32 bits per heavy atom. The van der Waals surface area contributed by atoms with Gasteiger partial charge in [-0.1, -0.05) is 6.08 Å². The Bertz CT molecular complexity index is 649. The van der Waals surface area contributed by atoms with Crippen LogP contribution in [0.1, 0.15) is 32.0 Å². The minimum Gasteiger partial charge on any atom is -0.497 e. The van der Waals surface area contributed by atoms with E-state index in [-0.39, 0.29) is 5.54 Å². The maximum Gasteiger partial charge on any atom is 0.119 e. The molecule has 1 N–H and O–H groups in total. The second-order valence-corrected chi connectivity index (χ2v) is 6.80. The van der Waals surface area contributed by atoms with Gasteiger partial charge in [0.15, 0.2) is 0 Å². The van der Waals surface area contributed by atoms with E-state index in [9.17, 15) is 0 Å². The highest BCUT2D eigenvalue weighted by molar-refractivity contribution is 5.86. The van der Waals surface area contributed by atoms with Crippen LogP contribution >= 0.6 is 0 Å². The van der Waals surface area contributed by atoms with Crippen LogP contribution in [0, 0.1) is 6.92 Å². The number of nitrogens with zero attached hydrogens (tertiary/aromatic N) is 1. The third-order valence-corrected chi connectivity index (χ3v) is 4.26. The molecule has 0 aliphatic rings. The lowest BCUT2D eigenvalue weighted by atomic mass is 10.0. The molecule has 22 heavy (non-hydrogen) atoms. The summed E-state index contributed by atoms with van der Waals surface area (Å²) < 4.78 is 5.37. The quantitative estimate of drug-likeness (QED) is 0.805. The highest BCUT2D eigenvalue weighted by atomic mass is 16.5. The van der Waals surface area contributed by atoms with Gasteiger partial charge < -0.3 is 9.72 Å². The molecule has 3 heteroatoms. The van der Waals surface area contributed by atoms with Gasteiger partial charge in [0, 0.05) is 35.2 Å². The van der Waals surface area contributed by atoms with Crippen molar-refractivity contribution in [1.82, 2.24) is 9.88 Å². The monoisotopic (exact) mass is 300 g/mol. The highest BCUT2D eigenvalue weighted by Crippen LogP contribution is 2.27. The zero-order chi connectivity index (χ0) is 16.3. The van der Waals surface area contributed by atoms with Crippen molar-refractivity contribution < 1.29 is 4.74 Å². The summed E-state index contributed by atoms with van der Waals surface area (Å²) in [5, 5.41) is 1.27. The largest absolute Gasteiger partial charge is 0.497 e. The fourth-order valence-corrected chi connectivity index (χ4v) is 2.91. The predicted molar refractivity (Wildman–Crippen MR) is 94.8 cm³/mol. The second kappa shape index (κ2) is 6.57. The van der Waals surface area contributed by atoms with Crippen LogP contribution in [0.3, 0.4) is 0 Å². The van der Waals surface area contributed by atoms with Crippen molar-refractivity contribution in [3.63, 3.8) is 0 Å². The molecule has 0 bridgehead atoms. The smallest absolute Gasteiger partial charge is 0.119 e. The van der Waals surface area contributed by atoms with Crippen LogP contribution in [0.15, 0.2) is 30.9 Å². The Balaban J connectivity index is 2.26. The van der Waals surface area contributed by atoms with Gasteiger partial charge in [0.05, 0.1) is 7.11 Å². The fraction of sp³-hybridized carbons (Fsp3) is 0.474. The molecule has 0 unspecified atom stereocenters. The van der Waals surface area contributed by atoms with Crippen molar-refractivity contribution in [2.45, 2.75) is 39.7 Å². The summed E-state index contributed by atoms with van der Waals surface area (Å²) in [6, 6.07) is 6.22. The summed E-state index contributed by atoms with van der Waals surface area (Å²) >= 11 is 0. The van der Waals surface area contributed by atoms with E-state index in [0.717, 1.165) is 25.3 Å².